The highest BCUT2D eigenvalue weighted by Crippen LogP contribution is 2.43. The molecule has 3 heterocycles. The molecule has 3 aromatic heterocycles. The molecular formula is C54H32N4. The lowest BCUT2D eigenvalue weighted by atomic mass is 9.95. The summed E-state index contributed by atoms with van der Waals surface area (Å²) in [4.78, 5) is 11.1. The minimum atomic E-state index is 0.805. The van der Waals surface area contributed by atoms with Gasteiger partial charge in [-0.2, -0.15) is 0 Å². The molecule has 0 N–H and O–H groups in total. The van der Waals surface area contributed by atoms with E-state index in [1.165, 1.54) is 70.3 Å². The van der Waals surface area contributed by atoms with E-state index in [1.807, 2.05) is 6.07 Å². The van der Waals surface area contributed by atoms with Gasteiger partial charge in [0, 0.05) is 32.8 Å². The van der Waals surface area contributed by atoms with E-state index in [9.17, 15) is 0 Å². The van der Waals surface area contributed by atoms with E-state index in [4.69, 9.17) is 9.97 Å². The molecule has 0 amide bonds. The Kier molecular flexibility index (Phi) is 6.41. The average Bonchev–Trinajstić information content (AvgIpc) is 3.79. The molecule has 0 aliphatic heterocycles. The molecule has 13 rings (SSSR count). The van der Waals surface area contributed by atoms with Crippen LogP contribution in [0, 0.1) is 0 Å². The van der Waals surface area contributed by atoms with Gasteiger partial charge in [0.2, 0.25) is 0 Å². The average molecular weight is 737 g/mol. The highest BCUT2D eigenvalue weighted by atomic mass is 15.1. The molecule has 58 heavy (non-hydrogen) atoms. The van der Waals surface area contributed by atoms with E-state index in [0.717, 1.165) is 50.2 Å². The van der Waals surface area contributed by atoms with Gasteiger partial charge in [-0.3, -0.25) is 4.57 Å². The lowest BCUT2D eigenvalue weighted by molar-refractivity contribution is 1.08. The molecule has 268 valence electrons. The topological polar surface area (TPSA) is 35.6 Å². The summed E-state index contributed by atoms with van der Waals surface area (Å²) in [5.74, 6) is 0.805. The van der Waals surface area contributed by atoms with E-state index in [-0.39, 0.29) is 0 Å². The normalized spacial score (nSPS) is 12.1. The summed E-state index contributed by atoms with van der Waals surface area (Å²) in [6.45, 7) is 0. The monoisotopic (exact) mass is 736 g/mol. The molecule has 0 aliphatic rings. The smallest absolute Gasteiger partial charge is 0.165 e. The van der Waals surface area contributed by atoms with Gasteiger partial charge in [0.25, 0.3) is 0 Å². The van der Waals surface area contributed by atoms with Crippen LogP contribution in [0.3, 0.4) is 0 Å². The number of benzene rings is 10. The van der Waals surface area contributed by atoms with Crippen molar-refractivity contribution in [1.29, 1.82) is 0 Å². The highest BCUT2D eigenvalue weighted by molar-refractivity contribution is 6.22. The maximum absolute atomic E-state index is 5.58. The number of hydrogen-bond donors (Lipinski definition) is 0. The van der Waals surface area contributed by atoms with Crippen LogP contribution < -0.4 is 0 Å². The number of aromatic nitrogens is 4. The molecule has 0 saturated heterocycles. The van der Waals surface area contributed by atoms with Gasteiger partial charge in [0.1, 0.15) is 5.69 Å². The number of nitrogens with zero attached hydrogens (tertiary/aromatic N) is 4. The molecule has 13 aromatic rings. The number of fused-ring (bicyclic) bond motifs is 13. The first-order valence-corrected chi connectivity index (χ1v) is 19.8. The van der Waals surface area contributed by atoms with Crippen LogP contribution in [0.5, 0.6) is 0 Å². The van der Waals surface area contributed by atoms with Crippen LogP contribution in [0.1, 0.15) is 0 Å². The Bertz CT molecular complexity index is 3870. The Morgan fingerprint density at radius 2 is 0.931 bits per heavy atom. The zero-order valence-corrected chi connectivity index (χ0v) is 31.3. The van der Waals surface area contributed by atoms with Crippen LogP contribution in [0.25, 0.3) is 120 Å². The molecule has 0 aliphatic carbocycles. The first-order chi connectivity index (χ1) is 28.8. The van der Waals surface area contributed by atoms with Crippen LogP contribution in [-0.4, -0.2) is 19.1 Å². The summed E-state index contributed by atoms with van der Waals surface area (Å²) in [5, 5.41) is 14.5. The van der Waals surface area contributed by atoms with Gasteiger partial charge in [-0.05, 0) is 97.7 Å². The van der Waals surface area contributed by atoms with Crippen molar-refractivity contribution in [2.45, 2.75) is 0 Å². The van der Waals surface area contributed by atoms with E-state index < -0.39 is 0 Å². The number of para-hydroxylation sites is 3. The first-order valence-electron chi connectivity index (χ1n) is 19.8. The lowest BCUT2D eigenvalue weighted by Crippen LogP contribution is -2.04. The molecule has 10 aromatic carbocycles. The zero-order chi connectivity index (χ0) is 37.9. The van der Waals surface area contributed by atoms with Crippen molar-refractivity contribution in [3.8, 4) is 22.8 Å². The van der Waals surface area contributed by atoms with E-state index in [1.54, 1.807) is 0 Å². The van der Waals surface area contributed by atoms with Crippen molar-refractivity contribution in [3.05, 3.63) is 194 Å². The molecule has 4 heteroatoms. The summed E-state index contributed by atoms with van der Waals surface area (Å²) in [6, 6.07) is 70.2. The third kappa shape index (κ3) is 4.40. The maximum Gasteiger partial charge on any atom is 0.165 e. The fraction of sp³-hybridized carbons (Fsp3) is 0. The Labute approximate surface area is 332 Å². The van der Waals surface area contributed by atoms with Crippen molar-refractivity contribution in [1.82, 2.24) is 19.1 Å². The van der Waals surface area contributed by atoms with Crippen molar-refractivity contribution < 1.29 is 0 Å². The highest BCUT2D eigenvalue weighted by Gasteiger charge is 2.23. The minimum absolute atomic E-state index is 0.805. The first kappa shape index (κ1) is 31.4. The van der Waals surface area contributed by atoms with E-state index >= 15 is 0 Å². The second kappa shape index (κ2) is 11.8. The van der Waals surface area contributed by atoms with Crippen molar-refractivity contribution in [2.75, 3.05) is 0 Å². The summed E-state index contributed by atoms with van der Waals surface area (Å²) in [7, 11) is 0. The predicted molar refractivity (Wildman–Crippen MR) is 244 cm³/mol. The molecule has 0 unspecified atom stereocenters. The Hall–Kier alpha value is -7.82. The fourth-order valence-electron chi connectivity index (χ4n) is 9.65. The summed E-state index contributed by atoms with van der Waals surface area (Å²) >= 11 is 0. The molecule has 0 spiro atoms. The second-order valence-electron chi connectivity index (χ2n) is 15.4. The van der Waals surface area contributed by atoms with Gasteiger partial charge in [-0.1, -0.05) is 140 Å². The van der Waals surface area contributed by atoms with Gasteiger partial charge in [-0.25, -0.2) is 9.97 Å². The molecule has 0 atom stereocenters. The maximum atomic E-state index is 5.58. The molecule has 0 radical (unpaired) electrons. The minimum Gasteiger partial charge on any atom is -0.309 e. The zero-order valence-electron chi connectivity index (χ0n) is 31.3. The third-order valence-corrected chi connectivity index (χ3v) is 12.2. The quantitative estimate of drug-likeness (QED) is 0.169. The van der Waals surface area contributed by atoms with Crippen molar-refractivity contribution in [2.24, 2.45) is 0 Å². The second-order valence-corrected chi connectivity index (χ2v) is 15.4. The van der Waals surface area contributed by atoms with E-state index in [0.29, 0.717) is 0 Å². The van der Waals surface area contributed by atoms with Crippen molar-refractivity contribution >= 4 is 97.7 Å². The predicted octanol–water partition coefficient (Wildman–Crippen LogP) is 14.1. The van der Waals surface area contributed by atoms with Crippen LogP contribution in [0.4, 0.5) is 0 Å². The third-order valence-electron chi connectivity index (χ3n) is 12.2. The standard InChI is InChI=1S/C54H32N4/c1-2-15-35-31-50-44(29-34(35)14-1)42-27-26-37(57-48-24-12-9-21-43(48)52-39-18-6-3-13-33(39)25-28-49(52)57)32-51(42)58(50)54-53(55-46-22-10-11-23-47(46)56-54)45-30-36-16-4-5-17-38(36)40-19-7-8-20-41(40)45/h1-32H. The summed E-state index contributed by atoms with van der Waals surface area (Å²) < 4.78 is 4.81. The van der Waals surface area contributed by atoms with Crippen LogP contribution in [0.15, 0.2) is 194 Å². The van der Waals surface area contributed by atoms with Gasteiger partial charge in [0.05, 0.1) is 33.1 Å². The van der Waals surface area contributed by atoms with Gasteiger partial charge in [-0.15, -0.1) is 0 Å². The van der Waals surface area contributed by atoms with Gasteiger partial charge >= 0.3 is 0 Å². The van der Waals surface area contributed by atoms with Crippen LogP contribution in [-0.2, 0) is 0 Å². The summed E-state index contributed by atoms with van der Waals surface area (Å²) in [6.07, 6.45) is 0. The Balaban J connectivity index is 1.19. The SMILES string of the molecule is c1ccc2cc3c(cc2c1)c1ccc(-n2c4ccccc4c4c5ccccc5ccc42)cc1n3-c1nc2ccccc2nc1-c1cc2ccccc2c2ccccc12. The molecule has 0 bridgehead atoms. The molecule has 0 saturated carbocycles. The van der Waals surface area contributed by atoms with Gasteiger partial charge in [0.15, 0.2) is 5.82 Å². The summed E-state index contributed by atoms with van der Waals surface area (Å²) in [5.41, 5.74) is 9.24. The van der Waals surface area contributed by atoms with Crippen LogP contribution >= 0.6 is 0 Å². The Morgan fingerprint density at radius 3 is 1.76 bits per heavy atom. The molecule has 0 fully saturated rings. The number of rotatable bonds is 3. The number of hydrogen-bond acceptors (Lipinski definition) is 2. The molecular weight excluding hydrogens is 705 g/mol. The van der Waals surface area contributed by atoms with Crippen LogP contribution in [0.2, 0.25) is 0 Å². The van der Waals surface area contributed by atoms with Gasteiger partial charge < -0.3 is 4.57 Å². The Morgan fingerprint density at radius 1 is 0.310 bits per heavy atom. The lowest BCUT2D eigenvalue weighted by Gasteiger charge is -2.17. The largest absolute Gasteiger partial charge is 0.309 e. The van der Waals surface area contributed by atoms with Crippen molar-refractivity contribution in [3.63, 3.8) is 0 Å². The fourth-order valence-corrected chi connectivity index (χ4v) is 9.65. The van der Waals surface area contributed by atoms with E-state index in [2.05, 4.69) is 197 Å². The molecule has 4 nitrogen and oxygen atoms in total.